The third kappa shape index (κ3) is 11.6. The first-order chi connectivity index (χ1) is 19.2. The number of hydrogen-bond acceptors (Lipinski definition) is 6. The van der Waals surface area contributed by atoms with Crippen LogP contribution in [-0.4, -0.2) is 47.3 Å². The van der Waals surface area contributed by atoms with E-state index in [1.54, 1.807) is 43.3 Å². The van der Waals surface area contributed by atoms with E-state index in [-0.39, 0.29) is 28.9 Å². The summed E-state index contributed by atoms with van der Waals surface area (Å²) in [7, 11) is 0. The summed E-state index contributed by atoms with van der Waals surface area (Å²) in [6.45, 7) is 8.73. The lowest BCUT2D eigenvalue weighted by Crippen LogP contribution is -2.14. The molecule has 0 radical (unpaired) electrons. The van der Waals surface area contributed by atoms with E-state index < -0.39 is 23.9 Å². The first kappa shape index (κ1) is 34.3. The highest BCUT2D eigenvalue weighted by Gasteiger charge is 2.21. The Labute approximate surface area is 237 Å². The Morgan fingerprint density at radius 2 is 1.30 bits per heavy atom. The second kappa shape index (κ2) is 19.4. The average molecular weight is 557 g/mol. The van der Waals surface area contributed by atoms with E-state index in [4.69, 9.17) is 14.6 Å². The minimum absolute atomic E-state index is 0.0602. The third-order valence-corrected chi connectivity index (χ3v) is 6.52. The van der Waals surface area contributed by atoms with Crippen LogP contribution < -0.4 is 0 Å². The fraction of sp³-hybridized carbons (Fsp3) is 0.500. The van der Waals surface area contributed by atoms with Crippen molar-refractivity contribution in [2.24, 2.45) is 5.92 Å². The fourth-order valence-electron chi connectivity index (χ4n) is 4.27. The summed E-state index contributed by atoms with van der Waals surface area (Å²) >= 11 is 0. The van der Waals surface area contributed by atoms with Gasteiger partial charge in [0.05, 0.1) is 35.5 Å². The van der Waals surface area contributed by atoms with Crippen LogP contribution in [0, 0.1) is 5.92 Å². The van der Waals surface area contributed by atoms with Gasteiger partial charge in [0.25, 0.3) is 0 Å². The first-order valence-electron chi connectivity index (χ1n) is 14.2. The van der Waals surface area contributed by atoms with Gasteiger partial charge in [-0.3, -0.25) is 0 Å². The molecule has 2 aromatic rings. The largest absolute Gasteiger partial charge is 0.478 e. The third-order valence-electron chi connectivity index (χ3n) is 6.52. The zero-order valence-corrected chi connectivity index (χ0v) is 24.2. The number of carbonyl (C=O) groups is 4. The number of unbranched alkanes of at least 4 members (excludes halogenated alkanes) is 4. The lowest BCUT2D eigenvalue weighted by Gasteiger charge is -2.16. The Morgan fingerprint density at radius 1 is 0.700 bits per heavy atom. The van der Waals surface area contributed by atoms with E-state index in [0.29, 0.717) is 24.5 Å². The molecule has 2 N–H and O–H groups in total. The molecule has 0 bridgehead atoms. The summed E-state index contributed by atoms with van der Waals surface area (Å²) in [6, 6.07) is 11.3. The number of ether oxygens (including phenoxy) is 2. The van der Waals surface area contributed by atoms with Crippen LogP contribution in [0.2, 0.25) is 0 Å². The Morgan fingerprint density at radius 3 is 1.82 bits per heavy atom. The molecule has 2 rings (SSSR count). The first-order valence-corrected chi connectivity index (χ1v) is 14.2. The second-order valence-corrected chi connectivity index (χ2v) is 9.53. The lowest BCUT2D eigenvalue weighted by molar-refractivity contribution is 0.0462. The van der Waals surface area contributed by atoms with Crippen LogP contribution in [-0.2, 0) is 15.9 Å². The molecule has 40 heavy (non-hydrogen) atoms. The molecule has 0 aliphatic carbocycles. The molecule has 0 aliphatic rings. The maximum absolute atomic E-state index is 12.0. The van der Waals surface area contributed by atoms with Crippen molar-refractivity contribution in [1.29, 1.82) is 0 Å². The molecule has 0 spiro atoms. The molecular weight excluding hydrogens is 512 g/mol. The second-order valence-electron chi connectivity index (χ2n) is 9.53. The summed E-state index contributed by atoms with van der Waals surface area (Å²) < 4.78 is 10.1. The van der Waals surface area contributed by atoms with Gasteiger partial charge in [0.2, 0.25) is 0 Å². The predicted molar refractivity (Wildman–Crippen MR) is 154 cm³/mol. The van der Waals surface area contributed by atoms with E-state index in [0.717, 1.165) is 51.4 Å². The van der Waals surface area contributed by atoms with Gasteiger partial charge >= 0.3 is 23.9 Å². The Hall–Kier alpha value is -3.68. The van der Waals surface area contributed by atoms with Crippen LogP contribution in [0.4, 0.5) is 0 Å². The van der Waals surface area contributed by atoms with Gasteiger partial charge in [0, 0.05) is 0 Å². The number of carboxylic acids is 2. The van der Waals surface area contributed by atoms with Crippen LogP contribution in [0.1, 0.15) is 126 Å². The molecule has 2 aromatic carbocycles. The van der Waals surface area contributed by atoms with Crippen molar-refractivity contribution in [1.82, 2.24) is 0 Å². The van der Waals surface area contributed by atoms with Gasteiger partial charge in [-0.1, -0.05) is 90.0 Å². The summed E-state index contributed by atoms with van der Waals surface area (Å²) in [4.78, 5) is 46.2. The minimum Gasteiger partial charge on any atom is -0.478 e. The van der Waals surface area contributed by atoms with Crippen molar-refractivity contribution >= 4 is 23.9 Å². The number of hydrogen-bond donors (Lipinski definition) is 2. The standard InChI is InChI=1S/2C16H22O4/c1-3-5-7-11(4-2)10-12-8-6-9-13(15(17)18)14(12)16(19)20;1-3-5-6-9-12-20-16(18)14-11-8-7-10-13(14)15(17)19-4-2/h6,8-9,11H,3-5,7,10H2,1-2H3,(H,17,18)(H,19,20);7-8,10-11H,3-6,9,12H2,1-2H3. The van der Waals surface area contributed by atoms with Crippen molar-refractivity contribution < 1.29 is 38.9 Å². The van der Waals surface area contributed by atoms with Crippen molar-refractivity contribution in [3.05, 3.63) is 70.3 Å². The number of esters is 2. The molecular formula is C32H44O8. The van der Waals surface area contributed by atoms with Crippen molar-refractivity contribution in [3.8, 4) is 0 Å². The number of benzene rings is 2. The van der Waals surface area contributed by atoms with E-state index >= 15 is 0 Å². The van der Waals surface area contributed by atoms with Crippen molar-refractivity contribution in [3.63, 3.8) is 0 Å². The average Bonchev–Trinajstić information content (AvgIpc) is 2.95. The SMILES string of the molecule is CCCCC(CC)Cc1cccc(C(=O)O)c1C(=O)O.CCCCCCOC(=O)c1ccccc1C(=O)OCC. The molecule has 8 nitrogen and oxygen atoms in total. The molecule has 0 aromatic heterocycles. The zero-order chi connectivity index (χ0) is 29.9. The number of carbonyl (C=O) groups excluding carboxylic acids is 2. The van der Waals surface area contributed by atoms with E-state index in [1.807, 2.05) is 0 Å². The number of rotatable bonds is 16. The van der Waals surface area contributed by atoms with Gasteiger partial charge < -0.3 is 19.7 Å². The quantitative estimate of drug-likeness (QED) is 0.161. The topological polar surface area (TPSA) is 127 Å². The Bertz CT molecular complexity index is 1090. The van der Waals surface area contributed by atoms with Gasteiger partial charge in [0.15, 0.2) is 0 Å². The summed E-state index contributed by atoms with van der Waals surface area (Å²) in [5.41, 5.74) is 0.963. The van der Waals surface area contributed by atoms with E-state index in [1.165, 1.54) is 6.07 Å². The van der Waals surface area contributed by atoms with Crippen LogP contribution in [0.25, 0.3) is 0 Å². The fourth-order valence-corrected chi connectivity index (χ4v) is 4.27. The van der Waals surface area contributed by atoms with Gasteiger partial charge in [-0.2, -0.15) is 0 Å². The molecule has 0 aliphatic heterocycles. The molecule has 0 heterocycles. The van der Waals surface area contributed by atoms with Crippen LogP contribution in [0.3, 0.4) is 0 Å². The van der Waals surface area contributed by atoms with Crippen LogP contribution in [0.15, 0.2) is 42.5 Å². The van der Waals surface area contributed by atoms with Crippen LogP contribution in [0.5, 0.6) is 0 Å². The maximum atomic E-state index is 12.0. The molecule has 0 saturated carbocycles. The van der Waals surface area contributed by atoms with E-state index in [2.05, 4.69) is 20.8 Å². The highest BCUT2D eigenvalue weighted by molar-refractivity contribution is 6.03. The normalized spacial score (nSPS) is 11.1. The number of carboxylic acid groups (broad SMARTS) is 2. The van der Waals surface area contributed by atoms with Gasteiger partial charge in [-0.25, -0.2) is 19.2 Å². The Kier molecular flexibility index (Phi) is 16.6. The smallest absolute Gasteiger partial charge is 0.339 e. The maximum Gasteiger partial charge on any atom is 0.339 e. The summed E-state index contributed by atoms with van der Waals surface area (Å²) in [5.74, 6) is -2.91. The molecule has 0 saturated heterocycles. The Balaban J connectivity index is 0.000000400. The zero-order valence-electron chi connectivity index (χ0n) is 24.2. The lowest BCUT2D eigenvalue weighted by atomic mass is 9.88. The summed E-state index contributed by atoms with van der Waals surface area (Å²) in [5, 5.41) is 18.4. The number of aromatic carboxylic acids is 2. The molecule has 220 valence electrons. The van der Waals surface area contributed by atoms with E-state index in [9.17, 15) is 24.3 Å². The molecule has 1 atom stereocenters. The van der Waals surface area contributed by atoms with Crippen molar-refractivity contribution in [2.75, 3.05) is 13.2 Å². The highest BCUT2D eigenvalue weighted by Crippen LogP contribution is 2.23. The van der Waals surface area contributed by atoms with Gasteiger partial charge in [0.1, 0.15) is 0 Å². The monoisotopic (exact) mass is 556 g/mol. The highest BCUT2D eigenvalue weighted by atomic mass is 16.5. The van der Waals surface area contributed by atoms with Gasteiger partial charge in [-0.15, -0.1) is 0 Å². The summed E-state index contributed by atoms with van der Waals surface area (Å²) in [6.07, 6.45) is 9.02. The minimum atomic E-state index is -1.19. The van der Waals surface area contributed by atoms with Gasteiger partial charge in [-0.05, 0) is 49.4 Å². The van der Waals surface area contributed by atoms with Crippen molar-refractivity contribution in [2.45, 2.75) is 85.5 Å². The molecule has 8 heteroatoms. The van der Waals surface area contributed by atoms with Crippen LogP contribution >= 0.6 is 0 Å². The molecule has 1 unspecified atom stereocenters. The molecule has 0 amide bonds. The predicted octanol–water partition coefficient (Wildman–Crippen LogP) is 7.44. The molecule has 0 fully saturated rings.